The summed E-state index contributed by atoms with van der Waals surface area (Å²) in [5, 5.41) is 9.78. The number of ether oxygens (including phenoxy) is 2. The molecule has 0 fully saturated rings. The summed E-state index contributed by atoms with van der Waals surface area (Å²) in [4.78, 5) is 11.9. The highest BCUT2D eigenvalue weighted by Gasteiger charge is 2.20. The lowest BCUT2D eigenvalue weighted by Crippen LogP contribution is -2.09. The monoisotopic (exact) mass is 482 g/mol. The van der Waals surface area contributed by atoms with Crippen molar-refractivity contribution in [3.05, 3.63) is 53.6 Å². The molecule has 0 amide bonds. The molecule has 0 heterocycles. The normalized spacial score (nSPS) is 12.0. The van der Waals surface area contributed by atoms with E-state index in [9.17, 15) is 9.90 Å². The predicted molar refractivity (Wildman–Crippen MR) is 145 cm³/mol. The van der Waals surface area contributed by atoms with Crippen molar-refractivity contribution in [2.75, 3.05) is 13.2 Å². The molecular formula is C31H46O4. The second-order valence-corrected chi connectivity index (χ2v) is 9.40. The zero-order valence-corrected chi connectivity index (χ0v) is 22.2. The van der Waals surface area contributed by atoms with E-state index in [1.807, 2.05) is 24.3 Å². The predicted octanol–water partition coefficient (Wildman–Crippen LogP) is 9.23. The van der Waals surface area contributed by atoms with Gasteiger partial charge in [-0.3, -0.25) is 0 Å². The van der Waals surface area contributed by atoms with Gasteiger partial charge in [-0.05, 0) is 54.2 Å². The highest BCUT2D eigenvalue weighted by Crippen LogP contribution is 2.36. The van der Waals surface area contributed by atoms with E-state index >= 15 is 0 Å². The Morgan fingerprint density at radius 2 is 1.40 bits per heavy atom. The topological polar surface area (TPSA) is 55.8 Å². The van der Waals surface area contributed by atoms with Gasteiger partial charge in [-0.15, -0.1) is 0 Å². The lowest BCUT2D eigenvalue weighted by Gasteiger charge is -2.22. The van der Waals surface area contributed by atoms with Crippen molar-refractivity contribution in [2.45, 2.75) is 104 Å². The first-order chi connectivity index (χ1) is 17.1. The molecule has 0 radical (unpaired) electrons. The van der Waals surface area contributed by atoms with Crippen LogP contribution in [0, 0.1) is 0 Å². The molecule has 2 aromatic rings. The van der Waals surface area contributed by atoms with E-state index in [-0.39, 0.29) is 6.10 Å². The third-order valence-electron chi connectivity index (χ3n) is 6.52. The van der Waals surface area contributed by atoms with E-state index in [1.165, 1.54) is 57.8 Å². The molecule has 1 N–H and O–H groups in total. The van der Waals surface area contributed by atoms with Crippen LogP contribution >= 0.6 is 0 Å². The molecule has 0 bridgehead atoms. The van der Waals surface area contributed by atoms with Crippen molar-refractivity contribution in [3.63, 3.8) is 0 Å². The summed E-state index contributed by atoms with van der Waals surface area (Å²) >= 11 is 0. The Labute approximate surface area is 213 Å². The van der Waals surface area contributed by atoms with Crippen molar-refractivity contribution in [1.82, 2.24) is 0 Å². The van der Waals surface area contributed by atoms with Gasteiger partial charge in [-0.2, -0.15) is 0 Å². The summed E-state index contributed by atoms with van der Waals surface area (Å²) in [6.07, 6.45) is 14.1. The maximum Gasteiger partial charge on any atom is 0.336 e. The minimum atomic E-state index is -0.917. The number of hydrogen-bond acceptors (Lipinski definition) is 3. The van der Waals surface area contributed by atoms with Gasteiger partial charge in [0, 0.05) is 6.61 Å². The fourth-order valence-corrected chi connectivity index (χ4v) is 4.48. The van der Waals surface area contributed by atoms with E-state index in [2.05, 4.69) is 26.8 Å². The molecule has 1 unspecified atom stereocenters. The summed E-state index contributed by atoms with van der Waals surface area (Å²) < 4.78 is 12.5. The molecule has 1 atom stereocenters. The van der Waals surface area contributed by atoms with Crippen LogP contribution in [0.15, 0.2) is 42.5 Å². The molecular weight excluding hydrogens is 436 g/mol. The lowest BCUT2D eigenvalue weighted by molar-refractivity contribution is 0.0474. The lowest BCUT2D eigenvalue weighted by atomic mass is 9.91. The van der Waals surface area contributed by atoms with Gasteiger partial charge in [-0.25, -0.2) is 4.79 Å². The molecule has 2 aromatic carbocycles. The molecule has 2 rings (SSSR count). The van der Waals surface area contributed by atoms with Crippen LogP contribution in [0.3, 0.4) is 0 Å². The van der Waals surface area contributed by atoms with Crippen LogP contribution in [-0.2, 0) is 4.74 Å². The largest absolute Gasteiger partial charge is 0.494 e. The van der Waals surface area contributed by atoms with Gasteiger partial charge in [0.1, 0.15) is 5.75 Å². The van der Waals surface area contributed by atoms with E-state index in [1.54, 1.807) is 12.1 Å². The summed E-state index contributed by atoms with van der Waals surface area (Å²) in [7, 11) is 0. The van der Waals surface area contributed by atoms with Crippen LogP contribution in [0.2, 0.25) is 0 Å². The summed E-state index contributed by atoms with van der Waals surface area (Å²) in [5.74, 6) is -0.0880. The first kappa shape index (κ1) is 28.9. The number of carboxylic acid groups (broad SMARTS) is 1. The van der Waals surface area contributed by atoms with Gasteiger partial charge in [-0.1, -0.05) is 103 Å². The van der Waals surface area contributed by atoms with Crippen molar-refractivity contribution in [2.24, 2.45) is 0 Å². The third kappa shape index (κ3) is 10.0. The minimum absolute atomic E-state index is 0.101. The van der Waals surface area contributed by atoms with Crippen LogP contribution in [0.5, 0.6) is 5.75 Å². The molecule has 0 spiro atoms. The molecule has 35 heavy (non-hydrogen) atoms. The zero-order chi connectivity index (χ0) is 25.3. The Balaban J connectivity index is 2.18. The Bertz CT molecular complexity index is 861. The Morgan fingerprint density at radius 3 is 2.06 bits per heavy atom. The molecule has 194 valence electrons. The Morgan fingerprint density at radius 1 is 0.771 bits per heavy atom. The Kier molecular flexibility index (Phi) is 14.2. The minimum Gasteiger partial charge on any atom is -0.494 e. The fourth-order valence-electron chi connectivity index (χ4n) is 4.48. The van der Waals surface area contributed by atoms with Gasteiger partial charge in [0.2, 0.25) is 0 Å². The summed E-state index contributed by atoms with van der Waals surface area (Å²) in [6.45, 7) is 8.00. The average molecular weight is 483 g/mol. The number of carbonyl (C=O) groups is 1. The SMILES string of the molecule is CCCCCCCCOc1ccc(-c2ccccc2C(=O)O)c(C(CC)OCCCCCCC)c1. The first-order valence-electron chi connectivity index (χ1n) is 13.8. The highest BCUT2D eigenvalue weighted by molar-refractivity contribution is 5.96. The van der Waals surface area contributed by atoms with Gasteiger partial charge < -0.3 is 14.6 Å². The molecule has 0 saturated carbocycles. The number of rotatable bonds is 19. The van der Waals surface area contributed by atoms with E-state index in [4.69, 9.17) is 9.47 Å². The maximum atomic E-state index is 11.9. The first-order valence-corrected chi connectivity index (χ1v) is 13.8. The second-order valence-electron chi connectivity index (χ2n) is 9.40. The average Bonchev–Trinajstić information content (AvgIpc) is 2.88. The second kappa shape index (κ2) is 17.2. The van der Waals surface area contributed by atoms with Crippen LogP contribution in [-0.4, -0.2) is 24.3 Å². The molecule has 0 aliphatic rings. The highest BCUT2D eigenvalue weighted by atomic mass is 16.5. The van der Waals surface area contributed by atoms with Gasteiger partial charge >= 0.3 is 5.97 Å². The van der Waals surface area contributed by atoms with Crippen molar-refractivity contribution in [3.8, 4) is 16.9 Å². The van der Waals surface area contributed by atoms with E-state index in [0.29, 0.717) is 18.8 Å². The summed E-state index contributed by atoms with van der Waals surface area (Å²) in [6, 6.07) is 13.2. The number of unbranched alkanes of at least 4 members (excludes halogenated alkanes) is 9. The van der Waals surface area contributed by atoms with Crippen LogP contribution in [0.4, 0.5) is 0 Å². The van der Waals surface area contributed by atoms with Crippen molar-refractivity contribution in [1.29, 1.82) is 0 Å². The van der Waals surface area contributed by atoms with Gasteiger partial charge in [0.15, 0.2) is 0 Å². The van der Waals surface area contributed by atoms with Gasteiger partial charge in [0.25, 0.3) is 0 Å². The summed E-state index contributed by atoms with van der Waals surface area (Å²) in [5.41, 5.74) is 2.95. The van der Waals surface area contributed by atoms with E-state index in [0.717, 1.165) is 41.7 Å². The molecule has 0 aliphatic carbocycles. The van der Waals surface area contributed by atoms with Crippen LogP contribution < -0.4 is 4.74 Å². The number of carboxylic acids is 1. The smallest absolute Gasteiger partial charge is 0.336 e. The van der Waals surface area contributed by atoms with Crippen LogP contribution in [0.1, 0.15) is 120 Å². The number of aromatic carboxylic acids is 1. The molecule has 0 aromatic heterocycles. The van der Waals surface area contributed by atoms with Gasteiger partial charge in [0.05, 0.1) is 18.3 Å². The zero-order valence-electron chi connectivity index (χ0n) is 22.2. The quantitative estimate of drug-likeness (QED) is 0.203. The van der Waals surface area contributed by atoms with Crippen LogP contribution in [0.25, 0.3) is 11.1 Å². The standard InChI is InChI=1S/C31H46O4/c1-4-7-9-11-13-16-22-34-25-20-21-27(26-18-14-15-19-28(26)31(32)33)29(24-25)30(6-3)35-23-17-12-10-8-5-2/h14-15,18-21,24,30H,4-13,16-17,22-23H2,1-3H3,(H,32,33). The fraction of sp³-hybridized carbons (Fsp3) is 0.581. The molecule has 4 nitrogen and oxygen atoms in total. The number of benzene rings is 2. The van der Waals surface area contributed by atoms with Crippen molar-refractivity contribution < 1.29 is 19.4 Å². The molecule has 0 aliphatic heterocycles. The van der Waals surface area contributed by atoms with Crippen molar-refractivity contribution >= 4 is 5.97 Å². The molecule has 0 saturated heterocycles. The maximum absolute atomic E-state index is 11.9. The number of hydrogen-bond donors (Lipinski definition) is 1. The molecule has 4 heteroatoms. The third-order valence-corrected chi connectivity index (χ3v) is 6.52. The van der Waals surface area contributed by atoms with E-state index < -0.39 is 5.97 Å². The Hall–Kier alpha value is -2.33.